The normalized spacial score (nSPS) is 21.1. The van der Waals surface area contributed by atoms with Crippen LogP contribution < -0.4 is 5.32 Å². The Morgan fingerprint density at radius 3 is 2.44 bits per heavy atom. The largest absolute Gasteiger partial charge is 0.393 e. The van der Waals surface area contributed by atoms with Crippen LogP contribution in [0.2, 0.25) is 0 Å². The Hall–Kier alpha value is -0.610. The van der Waals surface area contributed by atoms with Gasteiger partial charge in [0.05, 0.1) is 12.6 Å². The maximum Gasteiger partial charge on any atom is 0.234 e. The quantitative estimate of drug-likeness (QED) is 0.741. The van der Waals surface area contributed by atoms with Crippen LogP contribution in [-0.2, 0) is 4.79 Å². The zero-order valence-electron chi connectivity index (χ0n) is 10.6. The Morgan fingerprint density at radius 2 is 1.94 bits per heavy atom. The van der Waals surface area contributed by atoms with Gasteiger partial charge in [-0.3, -0.25) is 9.69 Å². The fourth-order valence-corrected chi connectivity index (χ4v) is 1.75. The smallest absolute Gasteiger partial charge is 0.234 e. The number of hydrogen-bond donors (Lipinski definition) is 2. The molecule has 1 rings (SSSR count). The fraction of sp³-hybridized carbons (Fsp3) is 0.917. The van der Waals surface area contributed by atoms with E-state index in [4.69, 9.17) is 0 Å². The van der Waals surface area contributed by atoms with Crippen LogP contribution >= 0.6 is 0 Å². The van der Waals surface area contributed by atoms with Crippen molar-refractivity contribution in [3.05, 3.63) is 0 Å². The van der Waals surface area contributed by atoms with E-state index in [2.05, 4.69) is 24.1 Å². The lowest BCUT2D eigenvalue weighted by molar-refractivity contribution is -0.123. The van der Waals surface area contributed by atoms with Crippen LogP contribution in [0.5, 0.6) is 0 Å². The molecule has 0 aliphatic carbocycles. The van der Waals surface area contributed by atoms with Crippen LogP contribution in [0.1, 0.15) is 33.6 Å². The highest BCUT2D eigenvalue weighted by Gasteiger charge is 2.19. The summed E-state index contributed by atoms with van der Waals surface area (Å²) in [6.07, 6.45) is 1.40. The van der Waals surface area contributed by atoms with Crippen LogP contribution in [-0.4, -0.2) is 47.7 Å². The van der Waals surface area contributed by atoms with Gasteiger partial charge in [0.25, 0.3) is 0 Å². The second kappa shape index (κ2) is 6.21. The molecule has 4 nitrogen and oxygen atoms in total. The van der Waals surface area contributed by atoms with E-state index in [1.54, 1.807) is 0 Å². The summed E-state index contributed by atoms with van der Waals surface area (Å²) in [5.74, 6) is 0.560. The topological polar surface area (TPSA) is 52.6 Å². The first-order chi connectivity index (χ1) is 7.49. The number of nitrogens with zero attached hydrogens (tertiary/aromatic N) is 1. The Bertz CT molecular complexity index is 223. The zero-order chi connectivity index (χ0) is 12.1. The van der Waals surface area contributed by atoms with Gasteiger partial charge < -0.3 is 10.4 Å². The first-order valence-electron chi connectivity index (χ1n) is 6.19. The van der Waals surface area contributed by atoms with E-state index in [-0.39, 0.29) is 18.1 Å². The van der Waals surface area contributed by atoms with E-state index in [0.29, 0.717) is 12.5 Å². The summed E-state index contributed by atoms with van der Waals surface area (Å²) in [6, 6.07) is 0.225. The molecule has 0 radical (unpaired) electrons. The molecular weight excluding hydrogens is 204 g/mol. The number of carbonyl (C=O) groups is 1. The Morgan fingerprint density at radius 1 is 1.38 bits per heavy atom. The fourth-order valence-electron chi connectivity index (χ4n) is 1.75. The molecule has 1 unspecified atom stereocenters. The van der Waals surface area contributed by atoms with Gasteiger partial charge >= 0.3 is 0 Å². The number of aliphatic hydroxyl groups is 1. The van der Waals surface area contributed by atoms with Crippen LogP contribution in [0.25, 0.3) is 0 Å². The van der Waals surface area contributed by atoms with Gasteiger partial charge in [0.15, 0.2) is 0 Å². The molecule has 0 aromatic heterocycles. The molecule has 1 atom stereocenters. The highest BCUT2D eigenvalue weighted by molar-refractivity contribution is 5.78. The standard InChI is InChI=1S/C12H24N2O2/c1-9(2)10(3)13-12(16)8-14-6-4-11(15)5-7-14/h9-11,15H,4-8H2,1-3H3,(H,13,16). The Balaban J connectivity index is 2.24. The number of aliphatic hydroxyl groups excluding tert-OH is 1. The van der Waals surface area contributed by atoms with Crippen molar-refractivity contribution in [3.8, 4) is 0 Å². The molecular formula is C12H24N2O2. The molecule has 0 bridgehead atoms. The lowest BCUT2D eigenvalue weighted by Crippen LogP contribution is -2.45. The molecule has 94 valence electrons. The van der Waals surface area contributed by atoms with E-state index in [0.717, 1.165) is 25.9 Å². The summed E-state index contributed by atoms with van der Waals surface area (Å²) in [5.41, 5.74) is 0. The number of nitrogens with one attached hydrogen (secondary N) is 1. The van der Waals surface area contributed by atoms with Gasteiger partial charge in [-0.1, -0.05) is 13.8 Å². The van der Waals surface area contributed by atoms with E-state index in [1.165, 1.54) is 0 Å². The molecule has 1 fully saturated rings. The van der Waals surface area contributed by atoms with Gasteiger partial charge in [0, 0.05) is 19.1 Å². The first-order valence-corrected chi connectivity index (χ1v) is 6.19. The van der Waals surface area contributed by atoms with Gasteiger partial charge in [0.1, 0.15) is 0 Å². The van der Waals surface area contributed by atoms with E-state index >= 15 is 0 Å². The molecule has 0 aromatic rings. The van der Waals surface area contributed by atoms with Gasteiger partial charge in [-0.25, -0.2) is 0 Å². The van der Waals surface area contributed by atoms with Crippen molar-refractivity contribution >= 4 is 5.91 Å². The number of hydrogen-bond acceptors (Lipinski definition) is 3. The predicted molar refractivity (Wildman–Crippen MR) is 64.1 cm³/mol. The lowest BCUT2D eigenvalue weighted by atomic mass is 10.1. The third kappa shape index (κ3) is 4.49. The molecule has 1 aliphatic heterocycles. The second-order valence-corrected chi connectivity index (χ2v) is 5.11. The van der Waals surface area contributed by atoms with Crippen LogP contribution in [0.3, 0.4) is 0 Å². The van der Waals surface area contributed by atoms with Crippen molar-refractivity contribution in [1.29, 1.82) is 0 Å². The van der Waals surface area contributed by atoms with E-state index in [9.17, 15) is 9.90 Å². The number of amides is 1. The molecule has 0 spiro atoms. The number of piperidine rings is 1. The molecule has 0 aromatic carbocycles. The summed E-state index contributed by atoms with van der Waals surface area (Å²) in [7, 11) is 0. The highest BCUT2D eigenvalue weighted by atomic mass is 16.3. The van der Waals surface area contributed by atoms with Crippen LogP contribution in [0.15, 0.2) is 0 Å². The SMILES string of the molecule is CC(C)C(C)NC(=O)CN1CCC(O)CC1. The van der Waals surface area contributed by atoms with E-state index in [1.807, 2.05) is 6.92 Å². The van der Waals surface area contributed by atoms with Gasteiger partial charge in [-0.2, -0.15) is 0 Å². The number of likely N-dealkylation sites (tertiary alicyclic amines) is 1. The minimum absolute atomic E-state index is 0.0950. The average Bonchev–Trinajstić information content (AvgIpc) is 2.21. The molecule has 16 heavy (non-hydrogen) atoms. The molecule has 1 heterocycles. The maximum absolute atomic E-state index is 11.7. The molecule has 0 saturated carbocycles. The maximum atomic E-state index is 11.7. The van der Waals surface area contributed by atoms with Crippen molar-refractivity contribution in [1.82, 2.24) is 10.2 Å². The third-order valence-electron chi connectivity index (χ3n) is 3.31. The summed E-state index contributed by atoms with van der Waals surface area (Å²) < 4.78 is 0. The highest BCUT2D eigenvalue weighted by Crippen LogP contribution is 2.09. The van der Waals surface area contributed by atoms with Crippen molar-refractivity contribution in [2.75, 3.05) is 19.6 Å². The summed E-state index contributed by atoms with van der Waals surface area (Å²) >= 11 is 0. The van der Waals surface area contributed by atoms with Crippen molar-refractivity contribution in [3.63, 3.8) is 0 Å². The van der Waals surface area contributed by atoms with Gasteiger partial charge in [-0.05, 0) is 25.7 Å². The molecule has 1 saturated heterocycles. The molecule has 2 N–H and O–H groups in total. The summed E-state index contributed by atoms with van der Waals surface area (Å²) in [6.45, 7) is 8.34. The van der Waals surface area contributed by atoms with Gasteiger partial charge in [0.2, 0.25) is 5.91 Å². The summed E-state index contributed by atoms with van der Waals surface area (Å²) in [4.78, 5) is 13.8. The molecule has 1 amide bonds. The monoisotopic (exact) mass is 228 g/mol. The van der Waals surface area contributed by atoms with Crippen molar-refractivity contribution in [2.24, 2.45) is 5.92 Å². The minimum atomic E-state index is -0.172. The third-order valence-corrected chi connectivity index (χ3v) is 3.31. The van der Waals surface area contributed by atoms with Crippen molar-refractivity contribution in [2.45, 2.75) is 45.8 Å². The van der Waals surface area contributed by atoms with Crippen LogP contribution in [0.4, 0.5) is 0 Å². The first kappa shape index (κ1) is 13.5. The lowest BCUT2D eigenvalue weighted by Gasteiger charge is -2.29. The van der Waals surface area contributed by atoms with Crippen molar-refractivity contribution < 1.29 is 9.90 Å². The molecule has 1 aliphatic rings. The Labute approximate surface area is 98.0 Å². The zero-order valence-corrected chi connectivity index (χ0v) is 10.6. The summed E-state index contributed by atoms with van der Waals surface area (Å²) in [5, 5.41) is 12.3. The second-order valence-electron chi connectivity index (χ2n) is 5.11. The number of carbonyl (C=O) groups excluding carboxylic acids is 1. The minimum Gasteiger partial charge on any atom is -0.393 e. The number of rotatable bonds is 4. The Kier molecular flexibility index (Phi) is 5.22. The predicted octanol–water partition coefficient (Wildman–Crippen LogP) is 0.604. The van der Waals surface area contributed by atoms with Gasteiger partial charge in [-0.15, -0.1) is 0 Å². The average molecular weight is 228 g/mol. The van der Waals surface area contributed by atoms with E-state index < -0.39 is 0 Å². The molecule has 4 heteroatoms. The van der Waals surface area contributed by atoms with Crippen LogP contribution in [0, 0.1) is 5.92 Å².